The van der Waals surface area contributed by atoms with Crippen molar-refractivity contribution in [1.82, 2.24) is 9.47 Å². The van der Waals surface area contributed by atoms with Gasteiger partial charge in [-0.15, -0.1) is 11.3 Å². The average Bonchev–Trinajstić information content (AvgIpc) is 3.42. The molecule has 150 valence electrons. The van der Waals surface area contributed by atoms with E-state index in [1.54, 1.807) is 24.1 Å². The zero-order chi connectivity index (χ0) is 20.5. The summed E-state index contributed by atoms with van der Waals surface area (Å²) in [6.07, 6.45) is 2.55. The van der Waals surface area contributed by atoms with Gasteiger partial charge in [0.2, 0.25) is 5.78 Å². The van der Waals surface area contributed by atoms with Crippen LogP contribution in [0.3, 0.4) is 0 Å². The number of methoxy groups -OCH3 is 1. The molecule has 4 rings (SSSR count). The summed E-state index contributed by atoms with van der Waals surface area (Å²) in [5, 5.41) is 13.5. The van der Waals surface area contributed by atoms with Crippen molar-refractivity contribution in [2.24, 2.45) is 7.05 Å². The predicted octanol–water partition coefficient (Wildman–Crippen LogP) is 3.85. The van der Waals surface area contributed by atoms with E-state index in [9.17, 15) is 14.7 Å². The minimum atomic E-state index is -0.639. The Morgan fingerprint density at radius 1 is 1.24 bits per heavy atom. The number of carbonyl (C=O) groups excluding carboxylic acids is 2. The summed E-state index contributed by atoms with van der Waals surface area (Å²) in [5.41, 5.74) is 1.98. The normalized spacial score (nSPS) is 17.0. The van der Waals surface area contributed by atoms with Gasteiger partial charge in [0.1, 0.15) is 0 Å². The Morgan fingerprint density at radius 3 is 2.76 bits per heavy atom. The number of aryl methyl sites for hydroxylation is 1. The molecule has 1 aromatic carbocycles. The van der Waals surface area contributed by atoms with Crippen LogP contribution >= 0.6 is 11.3 Å². The van der Waals surface area contributed by atoms with Crippen LogP contribution in [0.2, 0.25) is 0 Å². The molecule has 29 heavy (non-hydrogen) atoms. The number of carbonyl (C=O) groups is 2. The van der Waals surface area contributed by atoms with E-state index in [4.69, 9.17) is 4.74 Å². The lowest BCUT2D eigenvalue weighted by molar-refractivity contribution is -0.129. The predicted molar refractivity (Wildman–Crippen MR) is 112 cm³/mol. The number of Topliss-reactive ketones (excluding diaryl/α,β-unsaturated/α-hetero) is 1. The number of amides is 1. The molecule has 0 fully saturated rings. The van der Waals surface area contributed by atoms with Crippen LogP contribution in [-0.2, 0) is 16.6 Å². The molecule has 0 bridgehead atoms. The number of ketones is 1. The summed E-state index contributed by atoms with van der Waals surface area (Å²) in [6.45, 7) is 0.868. The van der Waals surface area contributed by atoms with Crippen molar-refractivity contribution in [2.45, 2.75) is 12.5 Å². The number of para-hydroxylation sites is 1. The van der Waals surface area contributed by atoms with Crippen LogP contribution < -0.4 is 0 Å². The molecule has 1 aliphatic rings. The molecule has 1 atom stereocenters. The van der Waals surface area contributed by atoms with E-state index < -0.39 is 17.7 Å². The Bertz CT molecular complexity index is 1100. The average molecular weight is 410 g/mol. The van der Waals surface area contributed by atoms with Crippen molar-refractivity contribution in [2.75, 3.05) is 20.3 Å². The van der Waals surface area contributed by atoms with E-state index >= 15 is 0 Å². The molecule has 0 saturated carbocycles. The summed E-state index contributed by atoms with van der Waals surface area (Å²) < 4.78 is 7.11. The molecule has 1 unspecified atom stereocenters. The zero-order valence-corrected chi connectivity index (χ0v) is 17.1. The maximum absolute atomic E-state index is 13.2. The van der Waals surface area contributed by atoms with Crippen LogP contribution in [0.1, 0.15) is 27.7 Å². The van der Waals surface area contributed by atoms with Crippen molar-refractivity contribution >= 4 is 33.9 Å². The van der Waals surface area contributed by atoms with Gasteiger partial charge in [0.15, 0.2) is 5.76 Å². The Morgan fingerprint density at radius 2 is 2.03 bits per heavy atom. The quantitative estimate of drug-likeness (QED) is 0.474. The number of fused-ring (bicyclic) bond motifs is 1. The number of hydrogen-bond donors (Lipinski definition) is 1. The standard InChI is InChI=1S/C22H22N2O4S/c1-23-13-15(14-7-3-4-8-16(14)23)19-18(20(25)17-9-5-12-29-17)21(26)22(27)24(19)10-6-11-28-2/h3-5,7-9,12-13,19,26H,6,10-11H2,1-2H3. The second-order valence-corrected chi connectivity index (χ2v) is 7.98. The highest BCUT2D eigenvalue weighted by molar-refractivity contribution is 7.12. The first-order valence-corrected chi connectivity index (χ1v) is 10.3. The minimum Gasteiger partial charge on any atom is -0.503 e. The molecule has 1 amide bonds. The topological polar surface area (TPSA) is 71.8 Å². The van der Waals surface area contributed by atoms with Gasteiger partial charge in [-0.1, -0.05) is 24.3 Å². The lowest BCUT2D eigenvalue weighted by atomic mass is 9.95. The number of aliphatic hydroxyl groups is 1. The molecule has 0 aliphatic carbocycles. The first-order chi connectivity index (χ1) is 14.0. The summed E-state index contributed by atoms with van der Waals surface area (Å²) >= 11 is 1.30. The van der Waals surface area contributed by atoms with Crippen LogP contribution in [0, 0.1) is 0 Å². The zero-order valence-electron chi connectivity index (χ0n) is 16.3. The van der Waals surface area contributed by atoms with Gasteiger partial charge in [-0.25, -0.2) is 0 Å². The van der Waals surface area contributed by atoms with Crippen molar-refractivity contribution in [3.05, 3.63) is 69.7 Å². The van der Waals surface area contributed by atoms with Gasteiger partial charge in [0.05, 0.1) is 16.5 Å². The van der Waals surface area contributed by atoms with Crippen molar-refractivity contribution in [3.8, 4) is 0 Å². The molecule has 3 aromatic rings. The summed E-state index contributed by atoms with van der Waals surface area (Å²) in [6, 6.07) is 10.7. The molecular weight excluding hydrogens is 388 g/mol. The highest BCUT2D eigenvalue weighted by Gasteiger charge is 2.44. The number of nitrogens with zero attached hydrogens (tertiary/aromatic N) is 2. The molecule has 2 aromatic heterocycles. The highest BCUT2D eigenvalue weighted by atomic mass is 32.1. The lowest BCUT2D eigenvalue weighted by Gasteiger charge is -2.26. The van der Waals surface area contributed by atoms with Crippen LogP contribution in [0.5, 0.6) is 0 Å². The molecule has 3 heterocycles. The molecule has 7 heteroatoms. The lowest BCUT2D eigenvalue weighted by Crippen LogP contribution is -2.32. The van der Waals surface area contributed by atoms with Crippen molar-refractivity contribution in [3.63, 3.8) is 0 Å². The fourth-order valence-corrected chi connectivity index (χ4v) is 4.63. The maximum atomic E-state index is 13.2. The van der Waals surface area contributed by atoms with Gasteiger partial charge in [0.25, 0.3) is 5.91 Å². The number of aliphatic hydroxyl groups excluding tert-OH is 1. The van der Waals surface area contributed by atoms with Crippen LogP contribution in [0.4, 0.5) is 0 Å². The third-order valence-electron chi connectivity index (χ3n) is 5.26. The van der Waals surface area contributed by atoms with Crippen LogP contribution in [-0.4, -0.2) is 46.5 Å². The second kappa shape index (κ2) is 7.85. The number of ether oxygens (including phenoxy) is 1. The summed E-state index contributed by atoms with van der Waals surface area (Å²) in [5.74, 6) is -1.28. The van der Waals surface area contributed by atoms with E-state index in [-0.39, 0.29) is 11.4 Å². The first kappa shape index (κ1) is 19.4. The van der Waals surface area contributed by atoms with Crippen LogP contribution in [0.25, 0.3) is 10.9 Å². The number of hydrogen-bond acceptors (Lipinski definition) is 5. The molecule has 6 nitrogen and oxygen atoms in total. The molecule has 0 spiro atoms. The Kier molecular flexibility index (Phi) is 5.25. The third kappa shape index (κ3) is 3.26. The van der Waals surface area contributed by atoms with Gasteiger partial charge in [-0.05, 0) is 23.9 Å². The molecule has 0 radical (unpaired) electrons. The first-order valence-electron chi connectivity index (χ1n) is 9.39. The second-order valence-electron chi connectivity index (χ2n) is 7.03. The molecule has 1 N–H and O–H groups in total. The monoisotopic (exact) mass is 410 g/mol. The number of thiophene rings is 1. The molecule has 0 saturated heterocycles. The Labute approximate surface area is 172 Å². The molecular formula is C22H22N2O4S. The number of rotatable bonds is 7. The van der Waals surface area contributed by atoms with Crippen LogP contribution in [0.15, 0.2) is 59.3 Å². The van der Waals surface area contributed by atoms with Gasteiger partial charge in [-0.2, -0.15) is 0 Å². The van der Waals surface area contributed by atoms with E-state index in [0.717, 1.165) is 16.5 Å². The third-order valence-corrected chi connectivity index (χ3v) is 6.13. The summed E-state index contributed by atoms with van der Waals surface area (Å²) in [4.78, 5) is 28.3. The van der Waals surface area contributed by atoms with Gasteiger partial charge < -0.3 is 19.3 Å². The van der Waals surface area contributed by atoms with Crippen molar-refractivity contribution in [1.29, 1.82) is 0 Å². The van der Waals surface area contributed by atoms with Gasteiger partial charge in [0, 0.05) is 50.0 Å². The summed E-state index contributed by atoms with van der Waals surface area (Å²) in [7, 11) is 3.54. The smallest absolute Gasteiger partial charge is 0.290 e. The number of benzene rings is 1. The van der Waals surface area contributed by atoms with E-state index in [1.165, 1.54) is 11.3 Å². The van der Waals surface area contributed by atoms with E-state index in [2.05, 4.69) is 0 Å². The van der Waals surface area contributed by atoms with Gasteiger partial charge in [-0.3, -0.25) is 9.59 Å². The maximum Gasteiger partial charge on any atom is 0.290 e. The van der Waals surface area contributed by atoms with Crippen molar-refractivity contribution < 1.29 is 19.4 Å². The Hall–Kier alpha value is -2.90. The van der Waals surface area contributed by atoms with Gasteiger partial charge >= 0.3 is 0 Å². The fourth-order valence-electron chi connectivity index (χ4n) is 3.95. The number of aromatic nitrogens is 1. The highest BCUT2D eigenvalue weighted by Crippen LogP contribution is 2.42. The fraction of sp³-hybridized carbons (Fsp3) is 0.273. The minimum absolute atomic E-state index is 0.145. The van der Waals surface area contributed by atoms with E-state index in [0.29, 0.717) is 24.4 Å². The molecule has 1 aliphatic heterocycles. The SMILES string of the molecule is COCCCN1C(=O)C(O)=C(C(=O)c2cccs2)C1c1cn(C)c2ccccc12. The largest absolute Gasteiger partial charge is 0.503 e. The van der Waals surface area contributed by atoms with E-state index in [1.807, 2.05) is 47.5 Å². The Balaban J connectivity index is 1.86.